The number of carbonyl (C=O) groups is 1. The molecule has 21 heavy (non-hydrogen) atoms. The molecule has 15 heteroatoms. The zero-order valence-electron chi connectivity index (χ0n) is 10.3. The van der Waals surface area contributed by atoms with Gasteiger partial charge in [-0.3, -0.25) is 0 Å². The van der Waals surface area contributed by atoms with Crippen molar-refractivity contribution in [1.82, 2.24) is 0 Å². The fourth-order valence-corrected chi connectivity index (χ4v) is 0.618. The number of aldehydes is 1. The monoisotopic (exact) mass is 344 g/mol. The Kier molecular flexibility index (Phi) is 23.2. The summed E-state index contributed by atoms with van der Waals surface area (Å²) in [5.41, 5.74) is 0. The van der Waals surface area contributed by atoms with Gasteiger partial charge in [-0.05, 0) is 0 Å². The van der Waals surface area contributed by atoms with Crippen LogP contribution in [0.5, 0.6) is 0 Å². The maximum atomic E-state index is 9.90. The van der Waals surface area contributed by atoms with Crippen LogP contribution in [0, 0.1) is 30.6 Å². The van der Waals surface area contributed by atoms with Crippen LogP contribution in [0.15, 0.2) is 0 Å². The standard InChI is InChI=1S/C6H12O6.Ca.2NO3/c7-1-3(9)5(11)6(12)4(10)2-8;;2*2-1(3)4/h1,3-6,8-12H,2H2;;;/q;+2;2*-1. The Morgan fingerprint density at radius 3 is 1.38 bits per heavy atom. The number of aliphatic hydroxyl groups excluding tert-OH is 5. The van der Waals surface area contributed by atoms with Gasteiger partial charge in [0.2, 0.25) is 0 Å². The smallest absolute Gasteiger partial charge is 0.394 e. The Hall–Kier alpha value is -0.870. The van der Waals surface area contributed by atoms with Crippen molar-refractivity contribution in [2.45, 2.75) is 24.4 Å². The van der Waals surface area contributed by atoms with Crippen LogP contribution in [-0.4, -0.2) is 111 Å². The van der Waals surface area contributed by atoms with Crippen molar-refractivity contribution >= 4 is 44.0 Å². The average molecular weight is 344 g/mol. The molecule has 120 valence electrons. The molecule has 14 nitrogen and oxygen atoms in total. The molecular formula is C6H12CaN2O12. The summed E-state index contributed by atoms with van der Waals surface area (Å²) in [6.07, 6.45) is -6.84. The van der Waals surface area contributed by atoms with Crippen LogP contribution in [0.4, 0.5) is 0 Å². The molecule has 0 amide bonds. The Bertz CT molecular complexity index is 271. The Balaban J connectivity index is -0.000000134. The van der Waals surface area contributed by atoms with Crippen LogP contribution >= 0.6 is 0 Å². The van der Waals surface area contributed by atoms with E-state index in [1.807, 2.05) is 0 Å². The molecule has 4 unspecified atom stereocenters. The van der Waals surface area contributed by atoms with Crippen LogP contribution in [0.1, 0.15) is 0 Å². The molecule has 5 N–H and O–H groups in total. The van der Waals surface area contributed by atoms with Crippen LogP contribution in [0.3, 0.4) is 0 Å². The van der Waals surface area contributed by atoms with Gasteiger partial charge in [0.15, 0.2) is 6.29 Å². The Labute approximate surface area is 146 Å². The number of aliphatic hydroxyl groups is 5. The van der Waals surface area contributed by atoms with Gasteiger partial charge in [0.25, 0.3) is 0 Å². The maximum absolute atomic E-state index is 9.90. The van der Waals surface area contributed by atoms with E-state index < -0.39 is 41.2 Å². The summed E-state index contributed by atoms with van der Waals surface area (Å²) in [6, 6.07) is 0. The molecule has 0 aliphatic carbocycles. The topological polar surface area (TPSA) is 251 Å². The van der Waals surface area contributed by atoms with Crippen LogP contribution < -0.4 is 0 Å². The van der Waals surface area contributed by atoms with Gasteiger partial charge in [-0.25, -0.2) is 0 Å². The summed E-state index contributed by atoms with van der Waals surface area (Å²) in [4.78, 5) is 26.4. The fraction of sp³-hybridized carbons (Fsp3) is 0.833. The van der Waals surface area contributed by atoms with Gasteiger partial charge < -0.3 is 61.0 Å². The van der Waals surface area contributed by atoms with Gasteiger partial charge in [0.1, 0.15) is 24.4 Å². The number of rotatable bonds is 5. The second-order valence-electron chi connectivity index (χ2n) is 2.80. The van der Waals surface area contributed by atoms with E-state index >= 15 is 0 Å². The summed E-state index contributed by atoms with van der Waals surface area (Å²) >= 11 is 0. The summed E-state index contributed by atoms with van der Waals surface area (Å²) in [6.45, 7) is -0.760. The van der Waals surface area contributed by atoms with E-state index in [1.165, 1.54) is 0 Å². The molecule has 0 aromatic carbocycles. The van der Waals surface area contributed by atoms with Crippen LogP contribution in [-0.2, 0) is 4.79 Å². The van der Waals surface area contributed by atoms with Gasteiger partial charge in [-0.1, -0.05) is 0 Å². The fourth-order valence-electron chi connectivity index (χ4n) is 0.618. The second-order valence-corrected chi connectivity index (χ2v) is 2.80. The third-order valence-corrected chi connectivity index (χ3v) is 1.42. The molecule has 0 fully saturated rings. The number of carbonyl (C=O) groups excluding carboxylic acids is 1. The Morgan fingerprint density at radius 1 is 0.905 bits per heavy atom. The van der Waals surface area contributed by atoms with Crippen molar-refractivity contribution in [3.8, 4) is 0 Å². The molecule has 4 atom stereocenters. The molecule has 0 aliphatic rings. The van der Waals surface area contributed by atoms with Crippen molar-refractivity contribution < 1.29 is 40.5 Å². The van der Waals surface area contributed by atoms with Crippen LogP contribution in [0.25, 0.3) is 0 Å². The number of nitrogens with zero attached hydrogens (tertiary/aromatic N) is 2. The normalized spacial score (nSPS) is 14.3. The third kappa shape index (κ3) is 24.5. The minimum atomic E-state index is -1.79. The van der Waals surface area contributed by atoms with Gasteiger partial charge in [-0.2, -0.15) is 0 Å². The Morgan fingerprint density at radius 2 is 1.19 bits per heavy atom. The van der Waals surface area contributed by atoms with Crippen molar-refractivity contribution in [2.75, 3.05) is 6.61 Å². The first-order valence-electron chi connectivity index (χ1n) is 4.42. The predicted octanol–water partition coefficient (Wildman–Crippen LogP) is -4.24. The van der Waals surface area contributed by atoms with Gasteiger partial charge in [0, 0.05) is 0 Å². The quantitative estimate of drug-likeness (QED) is 0.137. The van der Waals surface area contributed by atoms with E-state index in [0.29, 0.717) is 0 Å². The maximum Gasteiger partial charge on any atom is 2.00 e. The molecule has 0 rings (SSSR count). The third-order valence-electron chi connectivity index (χ3n) is 1.42. The molecule has 0 aromatic heterocycles. The van der Waals surface area contributed by atoms with Crippen molar-refractivity contribution in [3.63, 3.8) is 0 Å². The zero-order chi connectivity index (χ0) is 16.9. The summed E-state index contributed by atoms with van der Waals surface area (Å²) in [5, 5.41) is 73.0. The van der Waals surface area contributed by atoms with E-state index in [2.05, 4.69) is 0 Å². The summed E-state index contributed by atoms with van der Waals surface area (Å²) in [7, 11) is 0. The largest absolute Gasteiger partial charge is 2.00 e. The van der Waals surface area contributed by atoms with E-state index in [9.17, 15) is 4.79 Å². The summed E-state index contributed by atoms with van der Waals surface area (Å²) in [5.74, 6) is 0. The molecule has 0 aromatic rings. The molecule has 0 saturated carbocycles. The zero-order valence-corrected chi connectivity index (χ0v) is 12.5. The van der Waals surface area contributed by atoms with Gasteiger partial charge in [-0.15, -0.1) is 0 Å². The SMILES string of the molecule is O=CC(O)C(O)C(O)C(O)CO.O=[N+]([O-])[O-].O=[N+]([O-])[O-].[Ca+2]. The molecular weight excluding hydrogens is 332 g/mol. The predicted molar refractivity (Wildman–Crippen MR) is 63.7 cm³/mol. The van der Waals surface area contributed by atoms with Gasteiger partial charge in [0.05, 0.1) is 16.8 Å². The molecule has 0 radical (unpaired) electrons. The van der Waals surface area contributed by atoms with Crippen LogP contribution in [0.2, 0.25) is 0 Å². The van der Waals surface area contributed by atoms with Crippen molar-refractivity contribution in [3.05, 3.63) is 30.6 Å². The molecule has 0 saturated heterocycles. The average Bonchev–Trinajstić information content (AvgIpc) is 2.33. The van der Waals surface area contributed by atoms with E-state index in [1.54, 1.807) is 0 Å². The summed E-state index contributed by atoms with van der Waals surface area (Å²) < 4.78 is 0. The first-order chi connectivity index (χ1) is 9.00. The minimum Gasteiger partial charge on any atom is -0.394 e. The van der Waals surface area contributed by atoms with Crippen molar-refractivity contribution in [1.29, 1.82) is 0 Å². The van der Waals surface area contributed by atoms with E-state index in [4.69, 9.17) is 56.2 Å². The van der Waals surface area contributed by atoms with E-state index in [0.717, 1.165) is 0 Å². The minimum absolute atomic E-state index is 0. The molecule has 0 heterocycles. The first kappa shape index (κ1) is 28.3. The molecule has 0 bridgehead atoms. The van der Waals surface area contributed by atoms with Crippen molar-refractivity contribution in [2.24, 2.45) is 0 Å². The number of hydrogen-bond acceptors (Lipinski definition) is 12. The van der Waals surface area contributed by atoms with Gasteiger partial charge >= 0.3 is 37.7 Å². The van der Waals surface area contributed by atoms with E-state index in [-0.39, 0.29) is 44.0 Å². The molecule has 0 spiro atoms. The first-order valence-corrected chi connectivity index (χ1v) is 4.42. The number of hydrogen-bond donors (Lipinski definition) is 5. The molecule has 0 aliphatic heterocycles. The second kappa shape index (κ2) is 17.2.